The second-order valence-corrected chi connectivity index (χ2v) is 6.21. The number of hydrogen-bond donors (Lipinski definition) is 1. The van der Waals surface area contributed by atoms with E-state index in [1.807, 2.05) is 24.9 Å². The first-order chi connectivity index (χ1) is 12.1. The van der Waals surface area contributed by atoms with Gasteiger partial charge >= 0.3 is 6.18 Å². The van der Waals surface area contributed by atoms with Crippen molar-refractivity contribution in [2.24, 2.45) is 5.73 Å². The Balaban J connectivity index is 2.09. The Labute approximate surface area is 150 Å². The van der Waals surface area contributed by atoms with Crippen molar-refractivity contribution in [3.8, 4) is 11.5 Å². The largest absolute Gasteiger partial charge is 0.457 e. The van der Waals surface area contributed by atoms with E-state index in [0.717, 1.165) is 17.7 Å². The molecule has 0 spiro atoms. The molecule has 0 aliphatic carbocycles. The van der Waals surface area contributed by atoms with E-state index in [-0.39, 0.29) is 24.1 Å². The van der Waals surface area contributed by atoms with Crippen LogP contribution in [0.1, 0.15) is 24.5 Å². The molecule has 0 aromatic heterocycles. The molecule has 140 valence electrons. The lowest BCUT2D eigenvalue weighted by atomic mass is 10.1. The van der Waals surface area contributed by atoms with Gasteiger partial charge in [0, 0.05) is 19.0 Å². The van der Waals surface area contributed by atoms with Gasteiger partial charge in [0.25, 0.3) is 0 Å². The fourth-order valence-electron chi connectivity index (χ4n) is 2.47. The molecular formula is C19H21F3N2O2. The number of ether oxygens (including phenoxy) is 1. The monoisotopic (exact) mass is 366 g/mol. The molecule has 2 aromatic carbocycles. The van der Waals surface area contributed by atoms with Crippen LogP contribution in [0, 0.1) is 0 Å². The number of nitrogens with zero attached hydrogens (tertiary/aromatic N) is 1. The van der Waals surface area contributed by atoms with Crippen LogP contribution in [-0.4, -0.2) is 23.9 Å². The number of rotatable bonds is 7. The molecule has 2 rings (SSSR count). The van der Waals surface area contributed by atoms with Gasteiger partial charge in [0.2, 0.25) is 5.91 Å². The SMILES string of the molecule is CC(CC(N)=O)N(C)Cc1cccc(Oc2cccc(C(F)(F)F)c2)c1. The van der Waals surface area contributed by atoms with Crippen LogP contribution in [0.25, 0.3) is 0 Å². The average Bonchev–Trinajstić information content (AvgIpc) is 2.54. The summed E-state index contributed by atoms with van der Waals surface area (Å²) in [5, 5.41) is 0. The number of alkyl halides is 3. The molecule has 0 bridgehead atoms. The number of carbonyl (C=O) groups is 1. The van der Waals surface area contributed by atoms with E-state index in [0.29, 0.717) is 12.3 Å². The van der Waals surface area contributed by atoms with E-state index in [4.69, 9.17) is 10.5 Å². The highest BCUT2D eigenvalue weighted by atomic mass is 19.4. The maximum absolute atomic E-state index is 12.8. The predicted molar refractivity (Wildman–Crippen MR) is 92.7 cm³/mol. The van der Waals surface area contributed by atoms with E-state index >= 15 is 0 Å². The normalized spacial score (nSPS) is 12.8. The molecule has 2 N–H and O–H groups in total. The van der Waals surface area contributed by atoms with E-state index in [2.05, 4.69) is 0 Å². The molecule has 0 radical (unpaired) electrons. The van der Waals surface area contributed by atoms with Crippen molar-refractivity contribution < 1.29 is 22.7 Å². The molecule has 0 saturated carbocycles. The summed E-state index contributed by atoms with van der Waals surface area (Å²) >= 11 is 0. The van der Waals surface area contributed by atoms with Gasteiger partial charge in [0.15, 0.2) is 0 Å². The predicted octanol–water partition coefficient (Wildman–Crippen LogP) is 4.19. The highest BCUT2D eigenvalue weighted by molar-refractivity contribution is 5.74. The number of amides is 1. The van der Waals surface area contributed by atoms with Crippen molar-refractivity contribution in [1.29, 1.82) is 0 Å². The fraction of sp³-hybridized carbons (Fsp3) is 0.316. The first-order valence-corrected chi connectivity index (χ1v) is 8.08. The lowest BCUT2D eigenvalue weighted by molar-refractivity contribution is -0.137. The molecule has 0 aliphatic heterocycles. The van der Waals surface area contributed by atoms with Crippen molar-refractivity contribution in [3.05, 3.63) is 59.7 Å². The van der Waals surface area contributed by atoms with Crippen molar-refractivity contribution >= 4 is 5.91 Å². The third-order valence-electron chi connectivity index (χ3n) is 3.98. The van der Waals surface area contributed by atoms with Crippen LogP contribution in [0.5, 0.6) is 11.5 Å². The van der Waals surface area contributed by atoms with E-state index in [1.54, 1.807) is 18.2 Å². The summed E-state index contributed by atoms with van der Waals surface area (Å²) in [6.45, 7) is 2.45. The van der Waals surface area contributed by atoms with E-state index < -0.39 is 11.7 Å². The fourth-order valence-corrected chi connectivity index (χ4v) is 2.47. The molecule has 2 aromatic rings. The zero-order valence-corrected chi connectivity index (χ0v) is 14.6. The standard InChI is InChI=1S/C19H21F3N2O2/c1-13(9-18(23)25)24(2)12-14-5-3-7-16(10-14)26-17-8-4-6-15(11-17)19(20,21)22/h3-8,10-11,13H,9,12H2,1-2H3,(H2,23,25). The summed E-state index contributed by atoms with van der Waals surface area (Å²) in [5.74, 6) is 0.191. The highest BCUT2D eigenvalue weighted by Gasteiger charge is 2.30. The zero-order chi connectivity index (χ0) is 19.3. The summed E-state index contributed by atoms with van der Waals surface area (Å²) in [4.78, 5) is 13.0. The Kier molecular flexibility index (Phi) is 6.26. The average molecular weight is 366 g/mol. The Morgan fingerprint density at radius 3 is 2.38 bits per heavy atom. The first-order valence-electron chi connectivity index (χ1n) is 8.08. The van der Waals surface area contributed by atoms with Crippen LogP contribution in [0.15, 0.2) is 48.5 Å². The van der Waals surface area contributed by atoms with Gasteiger partial charge in [-0.15, -0.1) is 0 Å². The Morgan fingerprint density at radius 2 is 1.77 bits per heavy atom. The van der Waals surface area contributed by atoms with Gasteiger partial charge in [0.05, 0.1) is 5.56 Å². The minimum atomic E-state index is -4.42. The first kappa shape index (κ1) is 19.8. The van der Waals surface area contributed by atoms with E-state index in [1.165, 1.54) is 12.1 Å². The maximum atomic E-state index is 12.8. The molecular weight excluding hydrogens is 345 g/mol. The lowest BCUT2D eigenvalue weighted by Crippen LogP contribution is -2.32. The number of hydrogen-bond acceptors (Lipinski definition) is 3. The molecule has 26 heavy (non-hydrogen) atoms. The molecule has 0 aliphatic rings. The molecule has 0 heterocycles. The summed E-state index contributed by atoms with van der Waals surface area (Å²) in [6.07, 6.45) is -4.17. The number of carbonyl (C=O) groups excluding carboxylic acids is 1. The number of benzene rings is 2. The van der Waals surface area contributed by atoms with Crippen LogP contribution in [0.3, 0.4) is 0 Å². The molecule has 1 atom stereocenters. The minimum Gasteiger partial charge on any atom is -0.457 e. The number of nitrogens with two attached hydrogens (primary N) is 1. The summed E-state index contributed by atoms with van der Waals surface area (Å²) in [5.41, 5.74) is 5.36. The van der Waals surface area contributed by atoms with Crippen LogP contribution in [-0.2, 0) is 17.5 Å². The summed E-state index contributed by atoms with van der Waals surface area (Å²) in [7, 11) is 1.87. The molecule has 0 fully saturated rings. The van der Waals surface area contributed by atoms with Gasteiger partial charge in [-0.25, -0.2) is 0 Å². The third kappa shape index (κ3) is 5.77. The highest BCUT2D eigenvalue weighted by Crippen LogP contribution is 2.32. The van der Waals surface area contributed by atoms with Crippen molar-refractivity contribution in [2.45, 2.75) is 32.1 Å². The Hall–Kier alpha value is -2.54. The topological polar surface area (TPSA) is 55.6 Å². The van der Waals surface area contributed by atoms with Gasteiger partial charge in [-0.1, -0.05) is 18.2 Å². The van der Waals surface area contributed by atoms with Crippen LogP contribution in [0.2, 0.25) is 0 Å². The number of halogens is 3. The van der Waals surface area contributed by atoms with Crippen molar-refractivity contribution in [1.82, 2.24) is 4.90 Å². The molecule has 7 heteroatoms. The third-order valence-corrected chi connectivity index (χ3v) is 3.98. The van der Waals surface area contributed by atoms with Gasteiger partial charge in [-0.05, 0) is 49.9 Å². The summed E-state index contributed by atoms with van der Waals surface area (Å²) < 4.78 is 43.9. The zero-order valence-electron chi connectivity index (χ0n) is 14.6. The van der Waals surface area contributed by atoms with Gasteiger partial charge in [-0.3, -0.25) is 9.69 Å². The molecule has 0 saturated heterocycles. The summed E-state index contributed by atoms with van der Waals surface area (Å²) in [6, 6.07) is 11.8. The smallest absolute Gasteiger partial charge is 0.416 e. The van der Waals surface area contributed by atoms with Gasteiger partial charge in [-0.2, -0.15) is 13.2 Å². The quantitative estimate of drug-likeness (QED) is 0.799. The Bertz CT molecular complexity index is 762. The second-order valence-electron chi connectivity index (χ2n) is 6.21. The minimum absolute atomic E-state index is 0.0273. The molecule has 1 unspecified atom stereocenters. The molecule has 1 amide bonds. The van der Waals surface area contributed by atoms with Crippen molar-refractivity contribution in [3.63, 3.8) is 0 Å². The second kappa shape index (κ2) is 8.23. The number of primary amides is 1. The van der Waals surface area contributed by atoms with Crippen LogP contribution >= 0.6 is 0 Å². The van der Waals surface area contributed by atoms with Crippen LogP contribution in [0.4, 0.5) is 13.2 Å². The van der Waals surface area contributed by atoms with Crippen molar-refractivity contribution in [2.75, 3.05) is 7.05 Å². The molecule has 4 nitrogen and oxygen atoms in total. The van der Waals surface area contributed by atoms with E-state index in [9.17, 15) is 18.0 Å². The lowest BCUT2D eigenvalue weighted by Gasteiger charge is -2.23. The maximum Gasteiger partial charge on any atom is 0.416 e. The van der Waals surface area contributed by atoms with Gasteiger partial charge < -0.3 is 10.5 Å². The van der Waals surface area contributed by atoms with Crippen LogP contribution < -0.4 is 10.5 Å². The van der Waals surface area contributed by atoms with Gasteiger partial charge in [0.1, 0.15) is 11.5 Å². The Morgan fingerprint density at radius 1 is 1.15 bits per heavy atom.